The lowest BCUT2D eigenvalue weighted by Gasteiger charge is -1.99. The van der Waals surface area contributed by atoms with Crippen molar-refractivity contribution in [3.63, 3.8) is 0 Å². The molecule has 0 spiro atoms. The predicted molar refractivity (Wildman–Crippen MR) is 68.9 cm³/mol. The van der Waals surface area contributed by atoms with Crippen molar-refractivity contribution in [3.8, 4) is 0 Å². The first kappa shape index (κ1) is 16.2. The summed E-state index contributed by atoms with van der Waals surface area (Å²) < 4.78 is 0. The molecule has 0 aliphatic heterocycles. The van der Waals surface area contributed by atoms with Crippen molar-refractivity contribution in [1.82, 2.24) is 0 Å². The largest absolute Gasteiger partial charge is 0.135 e. The summed E-state index contributed by atoms with van der Waals surface area (Å²) in [4.78, 5) is 0. The molecule has 0 saturated carbocycles. The molecule has 0 fully saturated rings. The van der Waals surface area contributed by atoms with Crippen molar-refractivity contribution in [1.29, 1.82) is 0 Å². The average molecular weight is 194 g/mol. The molecule has 0 atom stereocenters. The van der Waals surface area contributed by atoms with E-state index in [1.54, 1.807) is 5.98 Å². The van der Waals surface area contributed by atoms with Crippen LogP contribution in [0.1, 0.15) is 72.1 Å². The van der Waals surface area contributed by atoms with E-state index in [4.69, 9.17) is 7.85 Å². The fourth-order valence-corrected chi connectivity index (χ4v) is 1.49. The smallest absolute Gasteiger partial charge is 0.102 e. The molecular weight excluding hydrogens is 167 g/mol. The summed E-state index contributed by atoms with van der Waals surface area (Å²) in [6.45, 7) is 2.26. The van der Waals surface area contributed by atoms with E-state index in [9.17, 15) is 0 Å². The molecule has 0 aromatic rings. The Morgan fingerprint density at radius 3 is 1.86 bits per heavy atom. The second-order valence-corrected chi connectivity index (χ2v) is 3.69. The molecule has 0 heterocycles. The molecule has 0 nitrogen and oxygen atoms in total. The van der Waals surface area contributed by atoms with E-state index in [-0.39, 0.29) is 7.43 Å². The highest BCUT2D eigenvalue weighted by atomic mass is 14.0. The highest BCUT2D eigenvalue weighted by Gasteiger charge is 1.89. The lowest BCUT2D eigenvalue weighted by molar-refractivity contribution is 0.577. The van der Waals surface area contributed by atoms with Crippen LogP contribution in [-0.2, 0) is 0 Å². The van der Waals surface area contributed by atoms with E-state index in [1.807, 2.05) is 0 Å². The quantitative estimate of drug-likeness (QED) is 0.364. The molecule has 2 radical (unpaired) electrons. The van der Waals surface area contributed by atoms with Crippen LogP contribution < -0.4 is 0 Å². The normalized spacial score (nSPS) is 10.4. The lowest BCUT2D eigenvalue weighted by Crippen LogP contribution is -1.79. The van der Waals surface area contributed by atoms with Crippen LogP contribution in [0.5, 0.6) is 0 Å². The van der Waals surface area contributed by atoms with E-state index >= 15 is 0 Å². The minimum atomic E-state index is 0. The molecule has 0 aliphatic rings. The van der Waals surface area contributed by atoms with Crippen LogP contribution in [0.25, 0.3) is 0 Å². The average Bonchev–Trinajstić information content (AvgIpc) is 2.16. The maximum absolute atomic E-state index is 5.24. The molecule has 0 rings (SSSR count). The second-order valence-electron chi connectivity index (χ2n) is 3.69. The van der Waals surface area contributed by atoms with Gasteiger partial charge in [0.05, 0.1) is 0 Å². The van der Waals surface area contributed by atoms with Crippen molar-refractivity contribution in [2.75, 3.05) is 0 Å². The van der Waals surface area contributed by atoms with Gasteiger partial charge in [0.1, 0.15) is 7.85 Å². The van der Waals surface area contributed by atoms with Gasteiger partial charge in [-0.15, -0.1) is 5.98 Å². The number of hydrogen-bond acceptors (Lipinski definition) is 0. The van der Waals surface area contributed by atoms with Gasteiger partial charge in [-0.1, -0.05) is 65.4 Å². The fourth-order valence-electron chi connectivity index (χ4n) is 1.49. The van der Waals surface area contributed by atoms with Gasteiger partial charge in [0.15, 0.2) is 0 Å². The van der Waals surface area contributed by atoms with Gasteiger partial charge in [0, 0.05) is 0 Å². The van der Waals surface area contributed by atoms with E-state index in [1.165, 1.54) is 51.4 Å². The van der Waals surface area contributed by atoms with Gasteiger partial charge < -0.3 is 0 Å². The van der Waals surface area contributed by atoms with Gasteiger partial charge >= 0.3 is 0 Å². The molecule has 0 amide bonds. The van der Waals surface area contributed by atoms with Crippen LogP contribution in [0.4, 0.5) is 0 Å². The highest BCUT2D eigenvalue weighted by molar-refractivity contribution is 6.16. The van der Waals surface area contributed by atoms with E-state index < -0.39 is 0 Å². The molecule has 0 N–H and O–H groups in total. The third-order valence-electron chi connectivity index (χ3n) is 2.36. The SMILES string of the molecule is C.[B]C=CCCCCCCCCCC. The Bertz CT molecular complexity index is 108. The zero-order valence-electron chi connectivity index (χ0n) is 9.10. The molecular formula is C13H27B. The summed E-state index contributed by atoms with van der Waals surface area (Å²) in [5, 5.41) is 0. The number of allylic oxidation sites excluding steroid dienone is 1. The number of rotatable bonds is 9. The molecule has 82 valence electrons. The first-order valence-corrected chi connectivity index (χ1v) is 5.78. The number of unbranched alkanes of at least 4 members (excludes halogenated alkanes) is 8. The van der Waals surface area contributed by atoms with Crippen molar-refractivity contribution in [3.05, 3.63) is 12.1 Å². The van der Waals surface area contributed by atoms with E-state index in [0.717, 1.165) is 6.42 Å². The van der Waals surface area contributed by atoms with Crippen LogP contribution in [-0.4, -0.2) is 7.85 Å². The van der Waals surface area contributed by atoms with Crippen molar-refractivity contribution in [2.24, 2.45) is 0 Å². The summed E-state index contributed by atoms with van der Waals surface area (Å²) in [5.74, 6) is 1.65. The molecule has 0 unspecified atom stereocenters. The monoisotopic (exact) mass is 194 g/mol. The van der Waals surface area contributed by atoms with Crippen molar-refractivity contribution >= 4 is 7.85 Å². The minimum Gasteiger partial charge on any atom is -0.135 e. The Balaban J connectivity index is 0. The standard InChI is InChI=1S/C12H23B.CH4/c1-2-3-4-5-6-7-8-9-10-11-12-13;/h11-12H,2-10H2,1H3;1H4. The summed E-state index contributed by atoms with van der Waals surface area (Å²) in [5.41, 5.74) is 0. The summed E-state index contributed by atoms with van der Waals surface area (Å²) in [7, 11) is 5.24. The maximum atomic E-state index is 5.24. The molecule has 0 saturated heterocycles. The van der Waals surface area contributed by atoms with E-state index in [0.29, 0.717) is 0 Å². The van der Waals surface area contributed by atoms with Gasteiger partial charge in [-0.2, -0.15) is 0 Å². The Hall–Kier alpha value is -0.195. The summed E-state index contributed by atoms with van der Waals surface area (Å²) >= 11 is 0. The summed E-state index contributed by atoms with van der Waals surface area (Å²) in [6.07, 6.45) is 14.3. The van der Waals surface area contributed by atoms with Gasteiger partial charge in [0.2, 0.25) is 0 Å². The summed E-state index contributed by atoms with van der Waals surface area (Å²) in [6, 6.07) is 0. The first-order chi connectivity index (χ1) is 6.41. The van der Waals surface area contributed by atoms with Gasteiger partial charge in [-0.25, -0.2) is 0 Å². The molecule has 0 aliphatic carbocycles. The van der Waals surface area contributed by atoms with Crippen LogP contribution in [0.15, 0.2) is 12.1 Å². The van der Waals surface area contributed by atoms with Crippen molar-refractivity contribution < 1.29 is 0 Å². The number of hydrogen-bond donors (Lipinski definition) is 0. The van der Waals surface area contributed by atoms with E-state index in [2.05, 4.69) is 13.0 Å². The third-order valence-corrected chi connectivity index (χ3v) is 2.36. The van der Waals surface area contributed by atoms with Crippen LogP contribution in [0.2, 0.25) is 0 Å². The molecule has 0 aromatic carbocycles. The minimum absolute atomic E-state index is 0. The van der Waals surface area contributed by atoms with Crippen molar-refractivity contribution in [2.45, 2.75) is 72.1 Å². The van der Waals surface area contributed by atoms with Gasteiger partial charge in [0.25, 0.3) is 0 Å². The molecule has 0 aromatic heterocycles. The Kier molecular flexibility index (Phi) is 17.7. The second kappa shape index (κ2) is 15.3. The topological polar surface area (TPSA) is 0 Å². The zero-order chi connectivity index (χ0) is 9.78. The van der Waals surface area contributed by atoms with Crippen LogP contribution >= 0.6 is 0 Å². The Morgan fingerprint density at radius 1 is 0.857 bits per heavy atom. The molecule has 0 bridgehead atoms. The Morgan fingerprint density at radius 2 is 1.36 bits per heavy atom. The molecule has 14 heavy (non-hydrogen) atoms. The fraction of sp³-hybridized carbons (Fsp3) is 0.846. The Labute approximate surface area is 92.6 Å². The van der Waals surface area contributed by atoms with Crippen LogP contribution in [0.3, 0.4) is 0 Å². The van der Waals surface area contributed by atoms with Gasteiger partial charge in [-0.05, 0) is 12.8 Å². The lowest BCUT2D eigenvalue weighted by atomic mass is 10.1. The van der Waals surface area contributed by atoms with Crippen LogP contribution in [0, 0.1) is 0 Å². The zero-order valence-corrected chi connectivity index (χ0v) is 9.10. The highest BCUT2D eigenvalue weighted by Crippen LogP contribution is 2.09. The third kappa shape index (κ3) is 14.3. The molecule has 1 heteroatoms. The maximum Gasteiger partial charge on any atom is 0.102 e. The first-order valence-electron chi connectivity index (χ1n) is 5.78. The predicted octanol–water partition coefficient (Wildman–Crippen LogP) is 4.84. The van der Waals surface area contributed by atoms with Gasteiger partial charge in [-0.3, -0.25) is 0 Å².